The predicted molar refractivity (Wildman–Crippen MR) is 246 cm³/mol. The number of hydrogen-bond donors (Lipinski definition) is 17. The van der Waals surface area contributed by atoms with E-state index in [1.165, 1.54) is 0 Å². The van der Waals surface area contributed by atoms with Gasteiger partial charge in [-0.2, -0.15) is 42.1 Å². The Hall–Kier alpha value is -1.74. The van der Waals surface area contributed by atoms with Crippen LogP contribution in [-0.2, 0) is 125 Å². The number of alkyl halides is 1. The Morgan fingerprint density at radius 3 is 1.48 bits per heavy atom. The Balaban J connectivity index is 1.74. The number of nitrogens with two attached hydrogens (primary N) is 3. The van der Waals surface area contributed by atoms with E-state index in [2.05, 4.69) is 20.9 Å². The zero-order valence-electron chi connectivity index (χ0n) is 39.6. The van der Waals surface area contributed by atoms with Crippen molar-refractivity contribution in [3.8, 4) is 0 Å². The van der Waals surface area contributed by atoms with Crippen LogP contribution in [0.1, 0.15) is 0 Å². The molecule has 0 bridgehead atoms. The molecule has 4 aliphatic heterocycles. The van der Waals surface area contributed by atoms with Crippen molar-refractivity contribution in [2.75, 3.05) is 26.9 Å². The van der Waals surface area contributed by atoms with Crippen molar-refractivity contribution in [3.63, 3.8) is 0 Å². The maximum Gasteiger partial charge on any atom is 0.397 e. The second kappa shape index (κ2) is 28.2. The molecular formula is C31H54IN3O40S5. The minimum Gasteiger partial charge on any atom is -0.480 e. The number of hydrogen-bond acceptors (Lipinski definition) is 36. The lowest BCUT2D eigenvalue weighted by Crippen LogP contribution is -2.69. The molecule has 0 saturated carbocycles. The van der Waals surface area contributed by atoms with Crippen molar-refractivity contribution < 1.29 is 184 Å². The number of rotatable bonds is 28. The molecule has 4 saturated heterocycles. The molecule has 0 radical (unpaired) electrons. The number of aliphatic hydroxyl groups is 7. The van der Waals surface area contributed by atoms with Crippen molar-refractivity contribution >= 4 is 86.5 Å². The van der Waals surface area contributed by atoms with E-state index in [1.807, 2.05) is 0 Å². The third kappa shape index (κ3) is 19.7. The van der Waals surface area contributed by atoms with Gasteiger partial charge in [0.25, 0.3) is 0 Å². The van der Waals surface area contributed by atoms with Gasteiger partial charge in [-0.1, -0.05) is 22.6 Å². The summed E-state index contributed by atoms with van der Waals surface area (Å²) in [4.78, 5) is 25.1. The van der Waals surface area contributed by atoms with E-state index in [9.17, 15) is 111 Å². The second-order valence-corrected chi connectivity index (χ2v) is 23.7. The van der Waals surface area contributed by atoms with Gasteiger partial charge < -0.3 is 106 Å². The van der Waals surface area contributed by atoms with Crippen molar-refractivity contribution in [1.82, 2.24) is 0 Å². The molecule has 470 valence electrons. The van der Waals surface area contributed by atoms with Gasteiger partial charge in [-0.05, 0) is 0 Å². The fourth-order valence-electron chi connectivity index (χ4n) is 7.80. The van der Waals surface area contributed by atoms with Gasteiger partial charge in [0.1, 0.15) is 89.4 Å². The first-order valence-corrected chi connectivity index (χ1v) is 29.6. The van der Waals surface area contributed by atoms with Crippen molar-refractivity contribution in [2.45, 2.75) is 151 Å². The molecule has 10 unspecified atom stereocenters. The second-order valence-electron chi connectivity index (χ2n) is 17.0. The lowest BCUT2D eigenvalue weighted by molar-refractivity contribution is -0.362. The number of carbonyl (C=O) groups is 2. The van der Waals surface area contributed by atoms with Crippen LogP contribution in [0.3, 0.4) is 0 Å². The summed E-state index contributed by atoms with van der Waals surface area (Å²) >= 11 is 0.948. The molecule has 43 nitrogen and oxygen atoms in total. The van der Waals surface area contributed by atoms with Crippen LogP contribution in [0.5, 0.6) is 0 Å². The van der Waals surface area contributed by atoms with Gasteiger partial charge in [-0.25, -0.2) is 25.7 Å². The van der Waals surface area contributed by atoms with Crippen molar-refractivity contribution in [3.05, 3.63) is 0 Å². The highest BCUT2D eigenvalue weighted by Gasteiger charge is 2.58. The Morgan fingerprint density at radius 1 is 0.525 bits per heavy atom. The first-order chi connectivity index (χ1) is 36.4. The molecule has 49 heteroatoms. The number of carboxylic acid groups (broad SMARTS) is 2. The third-order valence-corrected chi connectivity index (χ3v) is 14.9. The fourth-order valence-corrected chi connectivity index (χ4v) is 10.3. The minimum absolute atomic E-state index is 0.948. The van der Waals surface area contributed by atoms with E-state index in [0.717, 1.165) is 29.7 Å². The number of ether oxygens (including phenoxy) is 9. The highest BCUT2D eigenvalue weighted by molar-refractivity contribution is 14.1. The van der Waals surface area contributed by atoms with Gasteiger partial charge in [0, 0.05) is 7.11 Å². The lowest BCUT2D eigenvalue weighted by Gasteiger charge is -2.48. The van der Waals surface area contributed by atoms with E-state index in [-0.39, 0.29) is 0 Å². The van der Waals surface area contributed by atoms with Crippen LogP contribution in [0.2, 0.25) is 0 Å². The number of halogens is 1. The number of carboxylic acids is 2. The molecule has 20 N–H and O–H groups in total. The zero-order chi connectivity index (χ0) is 61.1. The predicted octanol–water partition coefficient (Wildman–Crippen LogP) is -11.7. The van der Waals surface area contributed by atoms with Gasteiger partial charge >= 0.3 is 63.9 Å². The summed E-state index contributed by atoms with van der Waals surface area (Å²) < 4.78 is 232. The highest BCUT2D eigenvalue weighted by Crippen LogP contribution is 2.36. The molecule has 0 aliphatic carbocycles. The highest BCUT2D eigenvalue weighted by atomic mass is 127. The fraction of sp³-hybridized carbons (Fsp3) is 0.935. The van der Waals surface area contributed by atoms with Crippen LogP contribution in [0, 0.1) is 0 Å². The SMILES string of the molecule is CO[C@@H]1OC(COS(=O)(=O)O)[C@@H](O[C@@H](O)[C@@H](OS(=O)(=O)O)C(O)[C@H](O[C@@H]2OC(COS(=O)(=O)O)[C@@H](O[C@@H]3OC(C(=O)O)[C@H](O[C@@H]4OC(COS(=O)(=O)O)[C@@H](O)C(O)[C@@H]4N)C(O)[C@@H]3O)C(OS(=O)(=O)O)[C@@H]2N)C(I)C(=O)O)C(O)[C@@H]1N. The van der Waals surface area contributed by atoms with E-state index >= 15 is 0 Å². The van der Waals surface area contributed by atoms with Crippen LogP contribution >= 0.6 is 22.6 Å². The molecule has 4 aliphatic rings. The summed E-state index contributed by atoms with van der Waals surface area (Å²) in [7, 11) is -27.2. The maximum atomic E-state index is 12.6. The first-order valence-electron chi connectivity index (χ1n) is 21.5. The topological polar surface area (TPSA) is 695 Å². The van der Waals surface area contributed by atoms with Gasteiger partial charge in [-0.15, -0.1) is 0 Å². The molecule has 80 heavy (non-hydrogen) atoms. The summed E-state index contributed by atoms with van der Waals surface area (Å²) in [5.74, 6) is -4.21. The molecule has 4 fully saturated rings. The van der Waals surface area contributed by atoms with Crippen LogP contribution in [0.4, 0.5) is 0 Å². The average molecular weight is 1400 g/mol. The molecular weight excluding hydrogens is 1340 g/mol. The summed E-state index contributed by atoms with van der Waals surface area (Å²) in [6.07, 6.45) is -52.7. The monoisotopic (exact) mass is 1390 g/mol. The van der Waals surface area contributed by atoms with Gasteiger partial charge in [0.05, 0.1) is 37.9 Å². The lowest BCUT2D eigenvalue weighted by atomic mass is 9.95. The molecule has 0 aromatic carbocycles. The average Bonchev–Trinajstić information content (AvgIpc) is 3.32. The van der Waals surface area contributed by atoms with Gasteiger partial charge in [0.15, 0.2) is 43.7 Å². The number of aliphatic carboxylic acids is 2. The molecule has 4 rings (SSSR count). The first kappa shape index (κ1) is 70.7. The molecule has 4 heterocycles. The van der Waals surface area contributed by atoms with Gasteiger partial charge in [-0.3, -0.25) is 27.6 Å². The molecule has 0 aromatic rings. The standard InChI is InChI=1S/C31H54IN3O40S5/c1-62-28-10(34)14(38)18(6(67-28)3-64-77(50,51)52)69-27(46)23(75-80(59,60)61)17(41)20(8(32)25(42)43)71-30-11(35)21(74-79(56,57)58)19(7(68-30)4-65-78(53,54)55)70-31-16(40)15(39)22(24(73-31)26(44)45)72-29-9(33)13(37)12(36)5(66-29)2-63-76(47,48)49/h5-24,27-31,36-41,46H,2-4,33-35H2,1H3,(H,42,43)(H,44,45)(H,47,48,49)(H,50,51,52)(H,53,54,55)(H,56,57,58)(H,59,60,61)/t5?,6?,7?,8?,9-,10-,11-,12+,13?,14?,15?,16-,17?,18+,19+,20+,21?,22+,23-,24?,27+,28+,29-,30-,31+/m0/s1. The van der Waals surface area contributed by atoms with Crippen molar-refractivity contribution in [1.29, 1.82) is 0 Å². The van der Waals surface area contributed by atoms with Crippen LogP contribution < -0.4 is 17.2 Å². The maximum absolute atomic E-state index is 12.6. The van der Waals surface area contributed by atoms with Crippen LogP contribution in [0.15, 0.2) is 0 Å². The zero-order valence-corrected chi connectivity index (χ0v) is 45.8. The number of methoxy groups -OCH3 is 1. The van der Waals surface area contributed by atoms with E-state index in [1.54, 1.807) is 0 Å². The van der Waals surface area contributed by atoms with E-state index in [0.29, 0.717) is 0 Å². The van der Waals surface area contributed by atoms with E-state index < -0.39 is 235 Å². The molecule has 0 aromatic heterocycles. The van der Waals surface area contributed by atoms with E-state index in [4.69, 9.17) is 68.9 Å². The van der Waals surface area contributed by atoms with Crippen molar-refractivity contribution in [2.24, 2.45) is 17.2 Å². The Bertz CT molecular complexity index is 2660. The Morgan fingerprint density at radius 2 is 1.00 bits per heavy atom. The summed E-state index contributed by atoms with van der Waals surface area (Å²) in [5.41, 5.74) is 17.9. The molecule has 0 amide bonds. The Kier molecular flexibility index (Phi) is 24.9. The Labute approximate surface area is 463 Å². The normalized spacial score (nSPS) is 38.0. The summed E-state index contributed by atoms with van der Waals surface area (Å²) in [6.45, 7) is -4.29. The van der Waals surface area contributed by atoms with Gasteiger partial charge in [0.2, 0.25) is 0 Å². The molecule has 25 atom stereocenters. The summed E-state index contributed by atoms with van der Waals surface area (Å²) in [5, 5.41) is 97.4. The molecule has 0 spiro atoms. The quantitative estimate of drug-likeness (QED) is 0.0150. The summed E-state index contributed by atoms with van der Waals surface area (Å²) in [6, 6.07) is -6.19. The third-order valence-electron chi connectivity index (χ3n) is 11.4. The van der Waals surface area contributed by atoms with Crippen LogP contribution in [0.25, 0.3) is 0 Å². The largest absolute Gasteiger partial charge is 0.480 e. The smallest absolute Gasteiger partial charge is 0.397 e. The van der Waals surface area contributed by atoms with Crippen LogP contribution in [-0.4, -0.2) is 301 Å². The number of aliphatic hydroxyl groups excluding tert-OH is 7. The minimum atomic E-state index is -6.00.